The first-order valence-electron chi connectivity index (χ1n) is 5.13. The summed E-state index contributed by atoms with van der Waals surface area (Å²) in [5.74, 6) is 0. The van der Waals surface area contributed by atoms with Crippen LogP contribution in [0, 0.1) is 6.92 Å². The first kappa shape index (κ1) is 11.3. The van der Waals surface area contributed by atoms with E-state index < -0.39 is 0 Å². The highest BCUT2D eigenvalue weighted by Gasteiger charge is 2.09. The summed E-state index contributed by atoms with van der Waals surface area (Å²) in [4.78, 5) is 20.5. The van der Waals surface area contributed by atoms with E-state index in [4.69, 9.17) is 11.6 Å². The van der Waals surface area contributed by atoms with Gasteiger partial charge in [-0.15, -0.1) is 0 Å². The van der Waals surface area contributed by atoms with E-state index in [9.17, 15) is 4.79 Å². The van der Waals surface area contributed by atoms with Crippen LogP contribution in [0.3, 0.4) is 0 Å². The smallest absolute Gasteiger partial charge is 0.267 e. The molecule has 0 saturated heterocycles. The van der Waals surface area contributed by atoms with Crippen molar-refractivity contribution in [3.8, 4) is 10.6 Å². The Labute approximate surface area is 111 Å². The van der Waals surface area contributed by atoms with E-state index in [2.05, 4.69) is 15.1 Å². The third-order valence-corrected chi connectivity index (χ3v) is 3.51. The molecule has 0 aliphatic heterocycles. The minimum Gasteiger partial charge on any atom is -0.267 e. The number of halogens is 1. The molecule has 0 aliphatic rings. The molecule has 3 aromatic rings. The molecule has 0 saturated carbocycles. The minimum absolute atomic E-state index is 0.180. The average molecular weight is 279 g/mol. The lowest BCUT2D eigenvalue weighted by molar-refractivity contribution is 0.894. The Hall–Kier alpha value is -1.79. The van der Waals surface area contributed by atoms with Crippen LogP contribution in [0.2, 0.25) is 5.15 Å². The van der Waals surface area contributed by atoms with Crippen molar-refractivity contribution in [2.45, 2.75) is 6.92 Å². The Bertz CT molecular complexity index is 795. The molecule has 5 nitrogen and oxygen atoms in total. The number of pyridine rings is 1. The third kappa shape index (κ3) is 1.89. The van der Waals surface area contributed by atoms with Crippen molar-refractivity contribution in [1.29, 1.82) is 0 Å². The van der Waals surface area contributed by atoms with Gasteiger partial charge < -0.3 is 0 Å². The van der Waals surface area contributed by atoms with Crippen LogP contribution < -0.4 is 5.56 Å². The number of aromatic nitrogens is 4. The lowest BCUT2D eigenvalue weighted by Gasteiger charge is -1.93. The molecule has 0 N–H and O–H groups in total. The molecule has 7 heteroatoms. The fourth-order valence-electron chi connectivity index (χ4n) is 1.57. The third-order valence-electron chi connectivity index (χ3n) is 2.35. The molecule has 0 atom stereocenters. The molecule has 0 aromatic carbocycles. The van der Waals surface area contributed by atoms with E-state index in [0.717, 1.165) is 5.56 Å². The van der Waals surface area contributed by atoms with E-state index in [1.54, 1.807) is 25.3 Å². The molecule has 0 unspecified atom stereocenters. The number of fused-ring (bicyclic) bond motifs is 1. The molecule has 90 valence electrons. The number of rotatable bonds is 1. The highest BCUT2D eigenvalue weighted by molar-refractivity contribution is 7.19. The van der Waals surface area contributed by atoms with Crippen LogP contribution >= 0.6 is 22.9 Å². The first-order valence-corrected chi connectivity index (χ1v) is 6.32. The number of hydrogen-bond acceptors (Lipinski definition) is 5. The van der Waals surface area contributed by atoms with Gasteiger partial charge in [0.1, 0.15) is 10.2 Å². The van der Waals surface area contributed by atoms with Crippen molar-refractivity contribution in [2.75, 3.05) is 0 Å². The fraction of sp³-hybridized carbons (Fsp3) is 0.0909. The topological polar surface area (TPSA) is 60.2 Å². The Morgan fingerprint density at radius 2 is 2.22 bits per heavy atom. The molecule has 3 rings (SSSR count). The SMILES string of the molecule is Cc1cc(=O)n2nc(-c3ccnc(Cl)c3)sc2n1. The largest absolute Gasteiger partial charge is 0.275 e. The molecule has 3 heterocycles. The van der Waals surface area contributed by atoms with Gasteiger partial charge in [-0.1, -0.05) is 22.9 Å². The zero-order chi connectivity index (χ0) is 12.7. The fourth-order valence-corrected chi connectivity index (χ4v) is 2.69. The monoisotopic (exact) mass is 278 g/mol. The molecule has 18 heavy (non-hydrogen) atoms. The molecule has 0 bridgehead atoms. The number of hydrogen-bond donors (Lipinski definition) is 0. The Balaban J connectivity index is 2.26. The maximum absolute atomic E-state index is 11.7. The summed E-state index contributed by atoms with van der Waals surface area (Å²) in [5.41, 5.74) is 1.32. The normalized spacial score (nSPS) is 11.0. The van der Waals surface area contributed by atoms with Crippen molar-refractivity contribution in [3.05, 3.63) is 45.6 Å². The summed E-state index contributed by atoms with van der Waals surface area (Å²) < 4.78 is 1.29. The average Bonchev–Trinajstić information content (AvgIpc) is 2.73. The van der Waals surface area contributed by atoms with Crippen LogP contribution in [0.5, 0.6) is 0 Å². The van der Waals surface area contributed by atoms with Gasteiger partial charge in [0.05, 0.1) is 0 Å². The molecular formula is C11H7ClN4OS. The van der Waals surface area contributed by atoms with Crippen LogP contribution in [-0.2, 0) is 0 Å². The molecule has 3 aromatic heterocycles. The Morgan fingerprint density at radius 3 is 3.00 bits per heavy atom. The van der Waals surface area contributed by atoms with Crippen LogP contribution in [0.4, 0.5) is 0 Å². The van der Waals surface area contributed by atoms with Gasteiger partial charge in [-0.2, -0.15) is 9.61 Å². The second kappa shape index (κ2) is 4.15. The number of aryl methyl sites for hydroxylation is 1. The van der Waals surface area contributed by atoms with Crippen molar-refractivity contribution < 1.29 is 0 Å². The van der Waals surface area contributed by atoms with Crippen LogP contribution in [-0.4, -0.2) is 19.6 Å². The van der Waals surface area contributed by atoms with Crippen LogP contribution in [0.25, 0.3) is 15.5 Å². The lowest BCUT2D eigenvalue weighted by atomic mass is 10.3. The van der Waals surface area contributed by atoms with E-state index in [1.165, 1.54) is 21.9 Å². The van der Waals surface area contributed by atoms with Gasteiger partial charge >= 0.3 is 0 Å². The zero-order valence-electron chi connectivity index (χ0n) is 9.29. The second-order valence-corrected chi connectivity index (χ2v) is 5.05. The van der Waals surface area contributed by atoms with Gasteiger partial charge in [0.2, 0.25) is 4.96 Å². The summed E-state index contributed by atoms with van der Waals surface area (Å²) in [6.45, 7) is 1.78. The summed E-state index contributed by atoms with van der Waals surface area (Å²) in [6, 6.07) is 4.95. The van der Waals surface area contributed by atoms with E-state index in [-0.39, 0.29) is 5.56 Å². The van der Waals surface area contributed by atoms with Gasteiger partial charge in [0.15, 0.2) is 0 Å². The maximum Gasteiger partial charge on any atom is 0.275 e. The van der Waals surface area contributed by atoms with Crippen molar-refractivity contribution in [1.82, 2.24) is 19.6 Å². The summed E-state index contributed by atoms with van der Waals surface area (Å²) in [6.07, 6.45) is 1.60. The van der Waals surface area contributed by atoms with E-state index >= 15 is 0 Å². The van der Waals surface area contributed by atoms with Gasteiger partial charge in [0.25, 0.3) is 5.56 Å². The summed E-state index contributed by atoms with van der Waals surface area (Å²) in [7, 11) is 0. The minimum atomic E-state index is -0.180. The summed E-state index contributed by atoms with van der Waals surface area (Å²) in [5, 5.41) is 5.32. The molecule has 0 fully saturated rings. The van der Waals surface area contributed by atoms with Crippen molar-refractivity contribution in [2.24, 2.45) is 0 Å². The van der Waals surface area contributed by atoms with Gasteiger partial charge in [-0.25, -0.2) is 9.97 Å². The van der Waals surface area contributed by atoms with E-state index in [1.807, 2.05) is 0 Å². The van der Waals surface area contributed by atoms with Crippen molar-refractivity contribution >= 4 is 27.9 Å². The van der Waals surface area contributed by atoms with Gasteiger partial charge in [-0.3, -0.25) is 4.79 Å². The molecule has 0 spiro atoms. The van der Waals surface area contributed by atoms with Gasteiger partial charge in [0, 0.05) is 23.5 Å². The molecule has 0 radical (unpaired) electrons. The molecule has 0 amide bonds. The Kier molecular flexibility index (Phi) is 2.61. The highest BCUT2D eigenvalue weighted by Crippen LogP contribution is 2.25. The zero-order valence-corrected chi connectivity index (χ0v) is 10.9. The Morgan fingerprint density at radius 1 is 1.39 bits per heavy atom. The molecular weight excluding hydrogens is 272 g/mol. The first-order chi connectivity index (χ1) is 8.63. The standard InChI is InChI=1S/C11H7ClN4OS/c1-6-4-9(17)16-11(14-6)18-10(15-16)7-2-3-13-8(12)5-7/h2-5H,1H3. The van der Waals surface area contributed by atoms with Crippen LogP contribution in [0.15, 0.2) is 29.2 Å². The second-order valence-electron chi connectivity index (χ2n) is 3.70. The predicted octanol–water partition coefficient (Wildman–Crippen LogP) is 2.17. The predicted molar refractivity (Wildman–Crippen MR) is 70.1 cm³/mol. The lowest BCUT2D eigenvalue weighted by Crippen LogP contribution is -2.14. The highest BCUT2D eigenvalue weighted by atomic mass is 35.5. The number of nitrogens with zero attached hydrogens (tertiary/aromatic N) is 4. The summed E-state index contributed by atoms with van der Waals surface area (Å²) >= 11 is 7.17. The van der Waals surface area contributed by atoms with E-state index in [0.29, 0.717) is 20.8 Å². The van der Waals surface area contributed by atoms with Gasteiger partial charge in [-0.05, 0) is 19.1 Å². The quantitative estimate of drug-likeness (QED) is 0.640. The maximum atomic E-state index is 11.7. The van der Waals surface area contributed by atoms with Crippen LogP contribution in [0.1, 0.15) is 5.69 Å². The van der Waals surface area contributed by atoms with Crippen molar-refractivity contribution in [3.63, 3.8) is 0 Å². The molecule has 0 aliphatic carbocycles.